The molecule has 2 rings (SSSR count). The standard InChI is InChI=1S/C13H15NO/c15-13-12(9-10-14-13)8-4-7-11-5-2-1-3-6-11/h1-3,5-6,10,12H,4,7-9H2. The summed E-state index contributed by atoms with van der Waals surface area (Å²) in [5.41, 5.74) is 1.35. The monoisotopic (exact) mass is 201 g/mol. The Bertz CT molecular complexity index is 356. The van der Waals surface area contributed by atoms with Crippen LogP contribution in [0, 0.1) is 5.92 Å². The average Bonchev–Trinajstić information content (AvgIpc) is 2.66. The minimum absolute atomic E-state index is 0.0723. The fraction of sp³-hybridized carbons (Fsp3) is 0.385. The van der Waals surface area contributed by atoms with Gasteiger partial charge in [-0.15, -0.1) is 0 Å². The largest absolute Gasteiger partial charge is 0.272 e. The van der Waals surface area contributed by atoms with Crippen molar-refractivity contribution in [3.8, 4) is 0 Å². The average molecular weight is 201 g/mol. The third-order valence-electron chi connectivity index (χ3n) is 2.82. The van der Waals surface area contributed by atoms with Crippen molar-refractivity contribution in [2.45, 2.75) is 25.7 Å². The van der Waals surface area contributed by atoms with Gasteiger partial charge in [0.15, 0.2) is 0 Å². The Kier molecular flexibility index (Phi) is 3.28. The lowest BCUT2D eigenvalue weighted by Crippen LogP contribution is -2.06. The summed E-state index contributed by atoms with van der Waals surface area (Å²) in [6.07, 6.45) is 5.69. The SMILES string of the molecule is O=C1N=CCC1CCCc1ccccc1. The van der Waals surface area contributed by atoms with E-state index in [-0.39, 0.29) is 11.8 Å². The second kappa shape index (κ2) is 4.87. The quantitative estimate of drug-likeness (QED) is 0.736. The van der Waals surface area contributed by atoms with Gasteiger partial charge in [0.05, 0.1) is 0 Å². The van der Waals surface area contributed by atoms with E-state index in [0.717, 1.165) is 25.7 Å². The van der Waals surface area contributed by atoms with Crippen molar-refractivity contribution >= 4 is 12.1 Å². The lowest BCUT2D eigenvalue weighted by atomic mass is 9.98. The van der Waals surface area contributed by atoms with Gasteiger partial charge in [-0.2, -0.15) is 0 Å². The lowest BCUT2D eigenvalue weighted by molar-refractivity contribution is -0.120. The van der Waals surface area contributed by atoms with E-state index in [9.17, 15) is 4.79 Å². The molecule has 2 heteroatoms. The summed E-state index contributed by atoms with van der Waals surface area (Å²) in [7, 11) is 0. The van der Waals surface area contributed by atoms with Crippen LogP contribution in [0.4, 0.5) is 0 Å². The van der Waals surface area contributed by atoms with Crippen LogP contribution in [0.5, 0.6) is 0 Å². The number of aryl methyl sites for hydroxylation is 1. The van der Waals surface area contributed by atoms with Gasteiger partial charge in [0.2, 0.25) is 5.91 Å². The van der Waals surface area contributed by atoms with Crippen LogP contribution < -0.4 is 0 Å². The molecule has 0 saturated carbocycles. The lowest BCUT2D eigenvalue weighted by Gasteiger charge is -2.05. The number of nitrogens with zero attached hydrogens (tertiary/aromatic N) is 1. The Labute approximate surface area is 90.0 Å². The molecule has 0 spiro atoms. The smallest absolute Gasteiger partial charge is 0.248 e. The summed E-state index contributed by atoms with van der Waals surface area (Å²) >= 11 is 0. The zero-order valence-corrected chi connectivity index (χ0v) is 8.73. The molecule has 0 bridgehead atoms. The van der Waals surface area contributed by atoms with Crippen molar-refractivity contribution in [2.24, 2.45) is 10.9 Å². The molecule has 1 unspecified atom stereocenters. The van der Waals surface area contributed by atoms with Gasteiger partial charge in [-0.25, -0.2) is 4.99 Å². The first-order valence-corrected chi connectivity index (χ1v) is 5.46. The van der Waals surface area contributed by atoms with Gasteiger partial charge in [0, 0.05) is 12.1 Å². The molecule has 1 aliphatic heterocycles. The van der Waals surface area contributed by atoms with Crippen molar-refractivity contribution in [1.29, 1.82) is 0 Å². The number of rotatable bonds is 4. The number of aliphatic imine (C=N–C) groups is 1. The summed E-state index contributed by atoms with van der Waals surface area (Å²) in [6.45, 7) is 0. The van der Waals surface area contributed by atoms with E-state index in [1.807, 2.05) is 6.07 Å². The number of carbonyl (C=O) groups is 1. The fourth-order valence-electron chi connectivity index (χ4n) is 1.91. The Balaban J connectivity index is 1.74. The van der Waals surface area contributed by atoms with Crippen molar-refractivity contribution in [1.82, 2.24) is 0 Å². The summed E-state index contributed by atoms with van der Waals surface area (Å²) in [5.74, 6) is 0.233. The van der Waals surface area contributed by atoms with Gasteiger partial charge in [0.25, 0.3) is 0 Å². The van der Waals surface area contributed by atoms with E-state index in [0.29, 0.717) is 0 Å². The van der Waals surface area contributed by atoms with Crippen LogP contribution in [0.25, 0.3) is 0 Å². The molecule has 1 aromatic carbocycles. The van der Waals surface area contributed by atoms with E-state index >= 15 is 0 Å². The molecule has 0 saturated heterocycles. The van der Waals surface area contributed by atoms with Crippen LogP contribution >= 0.6 is 0 Å². The first-order valence-electron chi connectivity index (χ1n) is 5.46. The van der Waals surface area contributed by atoms with Gasteiger partial charge in [-0.3, -0.25) is 4.79 Å². The maximum Gasteiger partial charge on any atom is 0.248 e. The maximum atomic E-state index is 11.2. The van der Waals surface area contributed by atoms with Crippen LogP contribution in [-0.4, -0.2) is 12.1 Å². The molecular weight excluding hydrogens is 186 g/mol. The molecule has 1 aromatic rings. The number of amides is 1. The Morgan fingerprint density at radius 1 is 1.27 bits per heavy atom. The zero-order valence-electron chi connectivity index (χ0n) is 8.73. The highest BCUT2D eigenvalue weighted by Crippen LogP contribution is 2.18. The van der Waals surface area contributed by atoms with Gasteiger partial charge >= 0.3 is 0 Å². The van der Waals surface area contributed by atoms with Crippen molar-refractivity contribution in [2.75, 3.05) is 0 Å². The third kappa shape index (κ3) is 2.75. The van der Waals surface area contributed by atoms with Gasteiger partial charge in [-0.05, 0) is 31.2 Å². The molecule has 0 fully saturated rings. The van der Waals surface area contributed by atoms with Crippen LogP contribution in [0.2, 0.25) is 0 Å². The molecule has 78 valence electrons. The number of hydrogen-bond acceptors (Lipinski definition) is 1. The Hall–Kier alpha value is -1.44. The van der Waals surface area contributed by atoms with E-state index < -0.39 is 0 Å². The molecule has 15 heavy (non-hydrogen) atoms. The highest BCUT2D eigenvalue weighted by atomic mass is 16.1. The maximum absolute atomic E-state index is 11.2. The topological polar surface area (TPSA) is 29.4 Å². The second-order valence-electron chi connectivity index (χ2n) is 3.96. The third-order valence-corrected chi connectivity index (χ3v) is 2.82. The minimum Gasteiger partial charge on any atom is -0.272 e. The van der Waals surface area contributed by atoms with Gasteiger partial charge in [0.1, 0.15) is 0 Å². The summed E-state index contributed by atoms with van der Waals surface area (Å²) < 4.78 is 0. The summed E-state index contributed by atoms with van der Waals surface area (Å²) in [5, 5.41) is 0. The van der Waals surface area contributed by atoms with Crippen molar-refractivity contribution < 1.29 is 4.79 Å². The van der Waals surface area contributed by atoms with Gasteiger partial charge < -0.3 is 0 Å². The summed E-state index contributed by atoms with van der Waals surface area (Å²) in [4.78, 5) is 15.0. The Morgan fingerprint density at radius 2 is 2.07 bits per heavy atom. The van der Waals surface area contributed by atoms with E-state index in [2.05, 4.69) is 29.3 Å². The molecule has 0 aromatic heterocycles. The zero-order chi connectivity index (χ0) is 10.5. The van der Waals surface area contributed by atoms with Crippen LogP contribution in [0.1, 0.15) is 24.8 Å². The summed E-state index contributed by atoms with van der Waals surface area (Å²) in [6, 6.07) is 10.4. The number of hydrogen-bond donors (Lipinski definition) is 0. The fourth-order valence-corrected chi connectivity index (χ4v) is 1.91. The van der Waals surface area contributed by atoms with Crippen LogP contribution in [-0.2, 0) is 11.2 Å². The number of benzene rings is 1. The minimum atomic E-state index is 0.0723. The molecule has 0 N–H and O–H groups in total. The van der Waals surface area contributed by atoms with Crippen molar-refractivity contribution in [3.05, 3.63) is 35.9 Å². The normalized spacial score (nSPS) is 19.7. The van der Waals surface area contributed by atoms with Crippen LogP contribution in [0.3, 0.4) is 0 Å². The first-order chi connectivity index (χ1) is 7.36. The molecular formula is C13H15NO. The van der Waals surface area contributed by atoms with Crippen molar-refractivity contribution in [3.63, 3.8) is 0 Å². The van der Waals surface area contributed by atoms with Crippen LogP contribution in [0.15, 0.2) is 35.3 Å². The molecule has 1 heterocycles. The van der Waals surface area contributed by atoms with E-state index in [1.165, 1.54) is 5.56 Å². The molecule has 1 aliphatic rings. The number of carbonyl (C=O) groups excluding carboxylic acids is 1. The predicted octanol–water partition coefficient (Wildman–Crippen LogP) is 2.63. The predicted molar refractivity (Wildman–Crippen MR) is 61.0 cm³/mol. The van der Waals surface area contributed by atoms with E-state index in [4.69, 9.17) is 0 Å². The molecule has 1 atom stereocenters. The Morgan fingerprint density at radius 3 is 2.73 bits per heavy atom. The molecule has 0 radical (unpaired) electrons. The molecule has 0 aliphatic carbocycles. The highest BCUT2D eigenvalue weighted by Gasteiger charge is 2.20. The molecule has 2 nitrogen and oxygen atoms in total. The first kappa shape index (κ1) is 10.1. The van der Waals surface area contributed by atoms with Gasteiger partial charge in [-0.1, -0.05) is 30.3 Å². The van der Waals surface area contributed by atoms with E-state index in [1.54, 1.807) is 6.21 Å². The second-order valence-corrected chi connectivity index (χ2v) is 3.96. The molecule has 1 amide bonds. The highest BCUT2D eigenvalue weighted by molar-refractivity contribution is 5.93.